The number of amides is 1. The Balaban J connectivity index is 0.899. The summed E-state index contributed by atoms with van der Waals surface area (Å²) in [5.74, 6) is 0.0214. The minimum atomic E-state index is -4.41. The van der Waals surface area contributed by atoms with Crippen LogP contribution < -0.4 is 19.1 Å². The molecule has 0 atom stereocenters. The lowest BCUT2D eigenvalue weighted by molar-refractivity contribution is 0.00127. The number of pyridine rings is 2. The van der Waals surface area contributed by atoms with Gasteiger partial charge in [0.1, 0.15) is 27.1 Å². The highest BCUT2D eigenvalue weighted by Gasteiger charge is 2.45. The number of aromatic nitrogens is 3. The van der Waals surface area contributed by atoms with Crippen LogP contribution in [-0.4, -0.2) is 84.2 Å². The fourth-order valence-corrected chi connectivity index (χ4v) is 10.3. The lowest BCUT2D eigenvalue weighted by atomic mass is 9.78. The molecule has 2 aromatic carbocycles. The van der Waals surface area contributed by atoms with Crippen LogP contribution in [0.25, 0.3) is 16.6 Å². The maximum Gasteiger partial charge on any atom is 0.268 e. The molecule has 0 radical (unpaired) electrons. The average molecular weight is 886 g/mol. The van der Waals surface area contributed by atoms with E-state index in [1.54, 1.807) is 30.6 Å². The van der Waals surface area contributed by atoms with E-state index in [2.05, 4.69) is 41.6 Å². The largest absolute Gasteiger partial charge is 0.476 e. The van der Waals surface area contributed by atoms with E-state index < -0.39 is 21.5 Å². The second-order valence-electron chi connectivity index (χ2n) is 17.5. The minimum absolute atomic E-state index is 0.00311. The molecule has 1 aliphatic heterocycles. The number of rotatable bonds is 12. The van der Waals surface area contributed by atoms with Gasteiger partial charge >= 0.3 is 0 Å². The van der Waals surface area contributed by atoms with E-state index in [4.69, 9.17) is 32.7 Å². The van der Waals surface area contributed by atoms with E-state index in [-0.39, 0.29) is 33.0 Å². The number of halogens is 2. The zero-order valence-corrected chi connectivity index (χ0v) is 36.5. The Bertz CT molecular complexity index is 2570. The van der Waals surface area contributed by atoms with E-state index >= 15 is 0 Å². The first kappa shape index (κ1) is 41.7. The summed E-state index contributed by atoms with van der Waals surface area (Å²) in [4.78, 5) is 30.1. The van der Waals surface area contributed by atoms with Crippen LogP contribution in [0.3, 0.4) is 0 Å². The summed E-state index contributed by atoms with van der Waals surface area (Å²) in [6.45, 7) is 6.36. The first-order valence-corrected chi connectivity index (χ1v) is 23.3. The molecule has 5 aromatic rings. The van der Waals surface area contributed by atoms with Gasteiger partial charge in [-0.3, -0.25) is 9.69 Å². The van der Waals surface area contributed by atoms with Crippen LogP contribution in [0.15, 0.2) is 89.7 Å². The van der Waals surface area contributed by atoms with E-state index in [0.717, 1.165) is 80.7 Å². The van der Waals surface area contributed by atoms with Gasteiger partial charge in [-0.05, 0) is 130 Å². The van der Waals surface area contributed by atoms with Crippen molar-refractivity contribution in [1.82, 2.24) is 24.6 Å². The van der Waals surface area contributed by atoms with E-state index in [1.165, 1.54) is 42.0 Å². The predicted octanol–water partition coefficient (Wildman–Crippen LogP) is 9.04. The highest BCUT2D eigenvalue weighted by atomic mass is 35.5. The number of carbonyl (C=O) groups excluding carboxylic acids is 1. The van der Waals surface area contributed by atoms with Crippen molar-refractivity contribution in [3.05, 3.63) is 106 Å². The van der Waals surface area contributed by atoms with Gasteiger partial charge in [0.15, 0.2) is 0 Å². The molecule has 320 valence electrons. The number of nitrogens with zero attached hydrogens (tertiary/aromatic N) is 4. The minimum Gasteiger partial charge on any atom is -0.476 e. The summed E-state index contributed by atoms with van der Waals surface area (Å²) in [5.41, 5.74) is 5.68. The Hall–Kier alpha value is -4.66. The van der Waals surface area contributed by atoms with Crippen molar-refractivity contribution >= 4 is 61.4 Å². The summed E-state index contributed by atoms with van der Waals surface area (Å²) in [5, 5.41) is 11.8. The van der Waals surface area contributed by atoms with Crippen molar-refractivity contribution in [3.8, 4) is 17.4 Å². The molecule has 15 heteroatoms. The van der Waals surface area contributed by atoms with Gasteiger partial charge in [-0.15, -0.1) is 0 Å². The Morgan fingerprint density at radius 3 is 2.46 bits per heavy atom. The van der Waals surface area contributed by atoms with Crippen LogP contribution in [0.1, 0.15) is 80.6 Å². The second-order valence-corrected chi connectivity index (χ2v) is 20.1. The number of nitrogens with one attached hydrogen (secondary N) is 2. The standard InChI is InChI=1S/C46H50Cl2N6O6S/c1-45(56)12-8-30(9-13-45)29-59-44-40(48)24-37(27-51-44)61(57,58)52-43(55)38-7-6-35(23-41(38)60-36-22-32-11-17-49-42(32)50-26-36)54-20-18-53(19-21-54)28-33-10-14-46(15-16-46)25-39(33)31-2-4-34(47)5-3-31/h2-7,11,17,22-24,26-27,30,56H,8-10,12-16,18-21,25,28-29H2,1H3,(H,49,50)(H,52,55)/t30-,45+. The molecule has 1 spiro atoms. The number of aromatic amines is 1. The zero-order valence-electron chi connectivity index (χ0n) is 34.1. The van der Waals surface area contributed by atoms with Crippen LogP contribution in [0.5, 0.6) is 17.4 Å². The Labute approximate surface area is 366 Å². The van der Waals surface area contributed by atoms with Crippen molar-refractivity contribution < 1.29 is 27.8 Å². The van der Waals surface area contributed by atoms with E-state index in [0.29, 0.717) is 36.3 Å². The zero-order chi connectivity index (χ0) is 42.4. The first-order chi connectivity index (χ1) is 29.3. The maximum absolute atomic E-state index is 13.9. The summed E-state index contributed by atoms with van der Waals surface area (Å²) in [7, 11) is -4.41. The summed E-state index contributed by atoms with van der Waals surface area (Å²) < 4.78 is 41.6. The molecule has 3 fully saturated rings. The molecule has 1 saturated heterocycles. The molecule has 3 aliphatic carbocycles. The Morgan fingerprint density at radius 2 is 1.72 bits per heavy atom. The lowest BCUT2D eigenvalue weighted by Gasteiger charge is -2.38. The molecule has 4 aliphatic rings. The normalized spacial score (nSPS) is 21.8. The monoisotopic (exact) mass is 884 g/mol. The van der Waals surface area contributed by atoms with Gasteiger partial charge in [0, 0.05) is 61.1 Å². The van der Waals surface area contributed by atoms with Gasteiger partial charge < -0.3 is 24.5 Å². The number of sulfonamides is 1. The van der Waals surface area contributed by atoms with Crippen molar-refractivity contribution in [2.24, 2.45) is 11.3 Å². The number of carbonyl (C=O) groups is 1. The fraction of sp³-hybridized carbons (Fsp3) is 0.413. The third kappa shape index (κ3) is 9.56. The molecule has 9 rings (SSSR count). The SMILES string of the molecule is C[C@]1(O)CC[C@@H](COc2ncc(S(=O)(=O)NC(=O)c3ccc(N4CCN(CC5=C(c6ccc(Cl)cc6)CC6(CC5)CC6)CC4)cc3Oc3cnc4[nH]ccc4c3)cc2Cl)CC1. The molecule has 1 amide bonds. The number of benzene rings is 2. The maximum atomic E-state index is 13.9. The van der Waals surface area contributed by atoms with Crippen LogP contribution in [0, 0.1) is 11.3 Å². The number of piperazine rings is 1. The van der Waals surface area contributed by atoms with Crippen molar-refractivity contribution in [2.75, 3.05) is 44.2 Å². The molecule has 4 heterocycles. The van der Waals surface area contributed by atoms with Crippen LogP contribution in [0.2, 0.25) is 10.0 Å². The Morgan fingerprint density at radius 1 is 0.951 bits per heavy atom. The highest BCUT2D eigenvalue weighted by molar-refractivity contribution is 7.90. The number of hydrogen-bond acceptors (Lipinski definition) is 10. The van der Waals surface area contributed by atoms with E-state index in [9.17, 15) is 18.3 Å². The molecule has 0 bridgehead atoms. The summed E-state index contributed by atoms with van der Waals surface area (Å²) in [6.07, 6.45) is 13.6. The number of fused-ring (bicyclic) bond motifs is 1. The second kappa shape index (κ2) is 16.9. The van der Waals surface area contributed by atoms with Gasteiger partial charge in [-0.2, -0.15) is 0 Å². The van der Waals surface area contributed by atoms with Gasteiger partial charge in [-0.1, -0.05) is 40.9 Å². The lowest BCUT2D eigenvalue weighted by Crippen LogP contribution is -2.47. The Kier molecular flexibility index (Phi) is 11.5. The molecule has 0 unspecified atom stereocenters. The third-order valence-electron chi connectivity index (χ3n) is 13.0. The van der Waals surface area contributed by atoms with Crippen LogP contribution in [-0.2, 0) is 10.0 Å². The van der Waals surface area contributed by atoms with Gasteiger partial charge in [0.2, 0.25) is 5.88 Å². The van der Waals surface area contributed by atoms with Crippen LogP contribution in [0.4, 0.5) is 5.69 Å². The number of anilines is 1. The summed E-state index contributed by atoms with van der Waals surface area (Å²) in [6, 6.07) is 18.4. The fourth-order valence-electron chi connectivity index (χ4n) is 8.97. The first-order valence-electron chi connectivity index (χ1n) is 21.1. The molecule has 3 N–H and O–H groups in total. The van der Waals surface area contributed by atoms with Gasteiger partial charge in [0.05, 0.1) is 30.2 Å². The van der Waals surface area contributed by atoms with Crippen molar-refractivity contribution in [3.63, 3.8) is 0 Å². The molecule has 2 saturated carbocycles. The number of allylic oxidation sites excluding steroid dienone is 1. The van der Waals surface area contributed by atoms with Crippen molar-refractivity contribution in [2.45, 2.75) is 75.2 Å². The molecular formula is C46H50Cl2N6O6S. The molecule has 61 heavy (non-hydrogen) atoms. The molecule has 12 nitrogen and oxygen atoms in total. The quantitative estimate of drug-likeness (QED) is 0.111. The number of aliphatic hydroxyl groups is 1. The van der Waals surface area contributed by atoms with E-state index in [1.807, 2.05) is 31.2 Å². The van der Waals surface area contributed by atoms with Gasteiger partial charge in [0.25, 0.3) is 15.9 Å². The van der Waals surface area contributed by atoms with Crippen molar-refractivity contribution in [1.29, 1.82) is 0 Å². The average Bonchev–Trinajstić information content (AvgIpc) is 3.83. The third-order valence-corrected chi connectivity index (χ3v) is 14.8. The molecule has 3 aromatic heterocycles. The number of H-pyrrole nitrogens is 1. The summed E-state index contributed by atoms with van der Waals surface area (Å²) >= 11 is 12.7. The number of ether oxygens (including phenoxy) is 2. The predicted molar refractivity (Wildman–Crippen MR) is 237 cm³/mol. The molecular weight excluding hydrogens is 836 g/mol. The topological polar surface area (TPSA) is 150 Å². The number of hydrogen-bond donors (Lipinski definition) is 3. The highest BCUT2D eigenvalue weighted by Crippen LogP contribution is 2.59. The smallest absolute Gasteiger partial charge is 0.268 e. The van der Waals surface area contributed by atoms with Crippen LogP contribution >= 0.6 is 23.2 Å². The van der Waals surface area contributed by atoms with Gasteiger partial charge in [-0.25, -0.2) is 23.1 Å².